The second-order valence-electron chi connectivity index (χ2n) is 4.89. The number of piperidine rings is 1. The first kappa shape index (κ1) is 12.6. The lowest BCUT2D eigenvalue weighted by molar-refractivity contribution is 0.174. The Balaban J connectivity index is 1.84. The van der Waals surface area contributed by atoms with E-state index in [0.717, 1.165) is 11.4 Å². The van der Waals surface area contributed by atoms with Crippen LogP contribution < -0.4 is 5.32 Å². The van der Waals surface area contributed by atoms with E-state index in [1.165, 1.54) is 24.4 Å². The Morgan fingerprint density at radius 3 is 3.06 bits per heavy atom. The number of nitriles is 1. The summed E-state index contributed by atoms with van der Waals surface area (Å²) in [6.07, 6.45) is 1.22. The van der Waals surface area contributed by atoms with Crippen LogP contribution >= 0.6 is 11.3 Å². The van der Waals surface area contributed by atoms with Crippen molar-refractivity contribution in [2.75, 3.05) is 20.1 Å². The van der Waals surface area contributed by atoms with E-state index in [9.17, 15) is 0 Å². The van der Waals surface area contributed by atoms with Crippen molar-refractivity contribution in [3.63, 3.8) is 0 Å². The second-order valence-corrected chi connectivity index (χ2v) is 6.06. The quantitative estimate of drug-likeness (QED) is 0.891. The fourth-order valence-electron chi connectivity index (χ4n) is 2.42. The molecule has 2 unspecified atom stereocenters. The number of hydrogen-bond acceptors (Lipinski definition) is 4. The van der Waals surface area contributed by atoms with Gasteiger partial charge in [0.25, 0.3) is 0 Å². The monoisotopic (exact) mass is 249 g/mol. The minimum atomic E-state index is 0.610. The highest BCUT2D eigenvalue weighted by molar-refractivity contribution is 7.12. The minimum absolute atomic E-state index is 0.610. The molecule has 1 aromatic rings. The highest BCUT2D eigenvalue weighted by Crippen LogP contribution is 2.18. The maximum atomic E-state index is 8.77. The maximum Gasteiger partial charge on any atom is 0.110 e. The van der Waals surface area contributed by atoms with Gasteiger partial charge in [0.2, 0.25) is 0 Å². The van der Waals surface area contributed by atoms with Crippen molar-refractivity contribution >= 4 is 11.3 Å². The van der Waals surface area contributed by atoms with Gasteiger partial charge in [-0.15, -0.1) is 11.3 Å². The van der Waals surface area contributed by atoms with Crippen LogP contribution in [0.15, 0.2) is 12.1 Å². The Labute approximate surface area is 107 Å². The average molecular weight is 249 g/mol. The summed E-state index contributed by atoms with van der Waals surface area (Å²) in [5.74, 6) is 0.698. The van der Waals surface area contributed by atoms with E-state index in [2.05, 4.69) is 36.3 Å². The molecular formula is C13H19N3S. The number of hydrogen-bond donors (Lipinski definition) is 1. The molecule has 0 aromatic carbocycles. The summed E-state index contributed by atoms with van der Waals surface area (Å²) >= 11 is 1.59. The molecule has 1 aliphatic rings. The first-order valence-corrected chi connectivity index (χ1v) is 6.91. The predicted molar refractivity (Wildman–Crippen MR) is 70.9 cm³/mol. The molecule has 1 fully saturated rings. The summed E-state index contributed by atoms with van der Waals surface area (Å²) in [5.41, 5.74) is 0. The Morgan fingerprint density at radius 2 is 2.41 bits per heavy atom. The number of rotatable bonds is 3. The van der Waals surface area contributed by atoms with Crippen LogP contribution in [-0.4, -0.2) is 31.1 Å². The Kier molecular flexibility index (Phi) is 4.16. The summed E-state index contributed by atoms with van der Waals surface area (Å²) in [7, 11) is 2.19. The third kappa shape index (κ3) is 3.29. The fourth-order valence-corrected chi connectivity index (χ4v) is 3.18. The summed E-state index contributed by atoms with van der Waals surface area (Å²) in [5, 5.41) is 12.4. The van der Waals surface area contributed by atoms with Crippen molar-refractivity contribution in [3.05, 3.63) is 21.9 Å². The van der Waals surface area contributed by atoms with Crippen LogP contribution in [0.1, 0.15) is 23.1 Å². The fraction of sp³-hybridized carbons (Fsp3) is 0.615. The molecule has 3 nitrogen and oxygen atoms in total. The highest BCUT2D eigenvalue weighted by Gasteiger charge is 2.23. The van der Waals surface area contributed by atoms with Gasteiger partial charge < -0.3 is 10.2 Å². The SMILES string of the molecule is CC1CN(C)CCC1NCc1ccc(C#N)s1. The summed E-state index contributed by atoms with van der Waals surface area (Å²) < 4.78 is 0. The van der Waals surface area contributed by atoms with Gasteiger partial charge in [-0.2, -0.15) is 5.26 Å². The molecule has 0 amide bonds. The zero-order valence-electron chi connectivity index (χ0n) is 10.4. The van der Waals surface area contributed by atoms with E-state index in [0.29, 0.717) is 12.0 Å². The number of thiophene rings is 1. The number of nitrogens with one attached hydrogen (secondary N) is 1. The zero-order chi connectivity index (χ0) is 12.3. The van der Waals surface area contributed by atoms with Crippen LogP contribution in [0.3, 0.4) is 0 Å². The molecule has 2 heterocycles. The van der Waals surface area contributed by atoms with Crippen molar-refractivity contribution in [2.45, 2.75) is 25.9 Å². The van der Waals surface area contributed by atoms with E-state index in [-0.39, 0.29) is 0 Å². The molecule has 0 radical (unpaired) electrons. The molecule has 17 heavy (non-hydrogen) atoms. The van der Waals surface area contributed by atoms with Crippen LogP contribution in [0.25, 0.3) is 0 Å². The smallest absolute Gasteiger partial charge is 0.110 e. The number of likely N-dealkylation sites (tertiary alicyclic amines) is 1. The Bertz CT molecular complexity index is 407. The molecule has 0 spiro atoms. The lowest BCUT2D eigenvalue weighted by Crippen LogP contribution is -2.46. The van der Waals surface area contributed by atoms with Gasteiger partial charge in [0, 0.05) is 24.0 Å². The van der Waals surface area contributed by atoms with Crippen molar-refractivity contribution < 1.29 is 0 Å². The van der Waals surface area contributed by atoms with Crippen molar-refractivity contribution in [1.82, 2.24) is 10.2 Å². The first-order chi connectivity index (χ1) is 8.19. The van der Waals surface area contributed by atoms with Crippen LogP contribution in [0, 0.1) is 17.2 Å². The highest BCUT2D eigenvalue weighted by atomic mass is 32.1. The van der Waals surface area contributed by atoms with Gasteiger partial charge in [-0.25, -0.2) is 0 Å². The van der Waals surface area contributed by atoms with Gasteiger partial charge in [-0.05, 0) is 38.1 Å². The largest absolute Gasteiger partial charge is 0.309 e. The van der Waals surface area contributed by atoms with Gasteiger partial charge >= 0.3 is 0 Å². The van der Waals surface area contributed by atoms with Crippen LogP contribution in [0.5, 0.6) is 0 Å². The normalized spacial score (nSPS) is 25.7. The lowest BCUT2D eigenvalue weighted by Gasteiger charge is -2.35. The van der Waals surface area contributed by atoms with E-state index >= 15 is 0 Å². The topological polar surface area (TPSA) is 39.1 Å². The second kappa shape index (κ2) is 5.63. The maximum absolute atomic E-state index is 8.77. The number of nitrogens with zero attached hydrogens (tertiary/aromatic N) is 2. The van der Waals surface area contributed by atoms with Gasteiger partial charge in [0.05, 0.1) is 0 Å². The van der Waals surface area contributed by atoms with E-state index in [1.807, 2.05) is 6.07 Å². The van der Waals surface area contributed by atoms with E-state index in [1.54, 1.807) is 11.3 Å². The zero-order valence-corrected chi connectivity index (χ0v) is 11.3. The van der Waals surface area contributed by atoms with Gasteiger partial charge in [0.15, 0.2) is 0 Å². The van der Waals surface area contributed by atoms with Crippen LogP contribution in [0.2, 0.25) is 0 Å². The summed E-state index contributed by atoms with van der Waals surface area (Å²) in [6.45, 7) is 5.55. The molecule has 0 saturated carbocycles. The standard InChI is InChI=1S/C13H19N3S/c1-10-9-16(2)6-5-13(10)15-8-12-4-3-11(7-14)17-12/h3-4,10,13,15H,5-6,8-9H2,1-2H3. The van der Waals surface area contributed by atoms with Gasteiger partial charge in [0.1, 0.15) is 10.9 Å². The molecular weight excluding hydrogens is 230 g/mol. The molecule has 1 aromatic heterocycles. The molecule has 4 heteroatoms. The molecule has 1 N–H and O–H groups in total. The lowest BCUT2D eigenvalue weighted by atomic mass is 9.94. The third-order valence-corrected chi connectivity index (χ3v) is 4.41. The van der Waals surface area contributed by atoms with E-state index < -0.39 is 0 Å². The predicted octanol–water partition coefficient (Wildman–Crippen LogP) is 2.05. The Hall–Kier alpha value is -0.890. The molecule has 1 saturated heterocycles. The van der Waals surface area contributed by atoms with Crippen LogP contribution in [0.4, 0.5) is 0 Å². The van der Waals surface area contributed by atoms with Gasteiger partial charge in [-0.1, -0.05) is 6.92 Å². The molecule has 92 valence electrons. The van der Waals surface area contributed by atoms with Crippen molar-refractivity contribution in [3.8, 4) is 6.07 Å². The summed E-state index contributed by atoms with van der Waals surface area (Å²) in [6, 6.07) is 6.75. The summed E-state index contributed by atoms with van der Waals surface area (Å²) in [4.78, 5) is 4.45. The molecule has 2 rings (SSSR count). The molecule has 0 aliphatic carbocycles. The third-order valence-electron chi connectivity index (χ3n) is 3.42. The molecule has 1 aliphatic heterocycles. The van der Waals surface area contributed by atoms with E-state index in [4.69, 9.17) is 5.26 Å². The van der Waals surface area contributed by atoms with Gasteiger partial charge in [-0.3, -0.25) is 0 Å². The average Bonchev–Trinajstić information content (AvgIpc) is 2.76. The molecule has 0 bridgehead atoms. The van der Waals surface area contributed by atoms with Crippen molar-refractivity contribution in [1.29, 1.82) is 5.26 Å². The molecule has 2 atom stereocenters. The first-order valence-electron chi connectivity index (χ1n) is 6.10. The van der Waals surface area contributed by atoms with Crippen LogP contribution in [-0.2, 0) is 6.54 Å². The Morgan fingerprint density at radius 1 is 1.59 bits per heavy atom. The van der Waals surface area contributed by atoms with Crippen molar-refractivity contribution in [2.24, 2.45) is 5.92 Å². The minimum Gasteiger partial charge on any atom is -0.309 e.